The molecule has 1 heterocycles. The fourth-order valence-corrected chi connectivity index (χ4v) is 1.65. The van der Waals surface area contributed by atoms with Gasteiger partial charge in [-0.15, -0.1) is 0 Å². The van der Waals surface area contributed by atoms with Crippen LogP contribution in [-0.2, 0) is 0 Å². The Bertz CT molecular complexity index is 565. The van der Waals surface area contributed by atoms with E-state index in [1.165, 1.54) is 18.2 Å². The van der Waals surface area contributed by atoms with Crippen molar-refractivity contribution >= 4 is 17.5 Å². The Balaban J connectivity index is 2.18. The quantitative estimate of drug-likeness (QED) is 0.929. The van der Waals surface area contributed by atoms with Crippen LogP contribution in [0, 0.1) is 5.82 Å². The third kappa shape index (κ3) is 2.87. The maximum Gasteiger partial charge on any atom is 0.220 e. The fraction of sp³-hybridized carbons (Fsp3) is 0.167. The van der Waals surface area contributed by atoms with E-state index >= 15 is 0 Å². The van der Waals surface area contributed by atoms with E-state index in [1.807, 2.05) is 0 Å². The predicted molar refractivity (Wildman–Crippen MR) is 66.9 cm³/mol. The van der Waals surface area contributed by atoms with Crippen LogP contribution in [-0.4, -0.2) is 9.97 Å². The van der Waals surface area contributed by atoms with Gasteiger partial charge in [-0.1, -0.05) is 11.6 Å². The summed E-state index contributed by atoms with van der Waals surface area (Å²) >= 11 is 5.87. The smallest absolute Gasteiger partial charge is 0.220 e. The van der Waals surface area contributed by atoms with Crippen LogP contribution in [0.2, 0.25) is 5.02 Å². The molecule has 1 unspecified atom stereocenters. The second-order valence-electron chi connectivity index (χ2n) is 3.67. The second-order valence-corrected chi connectivity index (χ2v) is 4.08. The molecule has 0 aliphatic heterocycles. The SMILES string of the molecule is CC(Oc1ccc(F)cc1Cl)c1ccnc(N)n1. The largest absolute Gasteiger partial charge is 0.483 e. The molecule has 0 saturated heterocycles. The van der Waals surface area contributed by atoms with Gasteiger partial charge in [0.2, 0.25) is 5.95 Å². The van der Waals surface area contributed by atoms with Crippen LogP contribution in [0.25, 0.3) is 0 Å². The van der Waals surface area contributed by atoms with E-state index in [2.05, 4.69) is 9.97 Å². The lowest BCUT2D eigenvalue weighted by Crippen LogP contribution is -2.08. The topological polar surface area (TPSA) is 61.0 Å². The minimum atomic E-state index is -0.411. The number of anilines is 1. The Hall–Kier alpha value is -1.88. The molecule has 0 saturated carbocycles. The molecule has 2 aromatic rings. The summed E-state index contributed by atoms with van der Waals surface area (Å²) in [7, 11) is 0. The molecule has 2 rings (SSSR count). The van der Waals surface area contributed by atoms with Gasteiger partial charge in [-0.2, -0.15) is 0 Å². The number of hydrogen-bond acceptors (Lipinski definition) is 4. The van der Waals surface area contributed by atoms with E-state index in [1.54, 1.807) is 19.2 Å². The van der Waals surface area contributed by atoms with Gasteiger partial charge < -0.3 is 10.5 Å². The lowest BCUT2D eigenvalue weighted by Gasteiger charge is -2.15. The Morgan fingerprint density at radius 1 is 1.39 bits per heavy atom. The summed E-state index contributed by atoms with van der Waals surface area (Å²) in [6.45, 7) is 1.79. The fourth-order valence-electron chi connectivity index (χ4n) is 1.44. The van der Waals surface area contributed by atoms with E-state index in [9.17, 15) is 4.39 Å². The van der Waals surface area contributed by atoms with Gasteiger partial charge in [0.15, 0.2) is 0 Å². The van der Waals surface area contributed by atoms with Gasteiger partial charge in [0.25, 0.3) is 0 Å². The van der Waals surface area contributed by atoms with Crippen molar-refractivity contribution in [1.29, 1.82) is 0 Å². The molecule has 1 aromatic heterocycles. The number of halogens is 2. The van der Waals surface area contributed by atoms with Crippen LogP contribution < -0.4 is 10.5 Å². The third-order valence-electron chi connectivity index (χ3n) is 2.31. The van der Waals surface area contributed by atoms with E-state index in [-0.39, 0.29) is 17.1 Å². The van der Waals surface area contributed by atoms with Crippen molar-refractivity contribution in [3.05, 3.63) is 47.0 Å². The van der Waals surface area contributed by atoms with Crippen LogP contribution in [0.4, 0.5) is 10.3 Å². The standard InChI is InChI=1S/C12H11ClFN3O/c1-7(10-4-5-16-12(15)17-10)18-11-3-2-8(14)6-9(11)13/h2-7H,1H3,(H2,15,16,17). The summed E-state index contributed by atoms with van der Waals surface area (Å²) in [5.41, 5.74) is 6.11. The molecule has 0 radical (unpaired) electrons. The van der Waals surface area contributed by atoms with Crippen LogP contribution in [0.15, 0.2) is 30.5 Å². The highest BCUT2D eigenvalue weighted by molar-refractivity contribution is 6.32. The number of aromatic nitrogens is 2. The summed E-state index contributed by atoms with van der Waals surface area (Å²) in [6.07, 6.45) is 1.18. The van der Waals surface area contributed by atoms with E-state index in [0.29, 0.717) is 11.4 Å². The highest BCUT2D eigenvalue weighted by Gasteiger charge is 2.12. The minimum absolute atomic E-state index is 0.174. The molecule has 6 heteroatoms. The van der Waals surface area contributed by atoms with Crippen molar-refractivity contribution in [2.24, 2.45) is 0 Å². The van der Waals surface area contributed by atoms with Gasteiger partial charge in [-0.3, -0.25) is 0 Å². The summed E-state index contributed by atoms with van der Waals surface area (Å²) in [6, 6.07) is 5.64. The van der Waals surface area contributed by atoms with Gasteiger partial charge in [-0.25, -0.2) is 14.4 Å². The first-order valence-electron chi connectivity index (χ1n) is 5.26. The second kappa shape index (κ2) is 5.18. The molecular weight excluding hydrogens is 257 g/mol. The monoisotopic (exact) mass is 267 g/mol. The summed E-state index contributed by atoms with van der Waals surface area (Å²) in [4.78, 5) is 7.83. The van der Waals surface area contributed by atoms with Gasteiger partial charge in [0.05, 0.1) is 10.7 Å². The summed E-state index contributed by atoms with van der Waals surface area (Å²) in [5, 5.41) is 0.212. The minimum Gasteiger partial charge on any atom is -0.483 e. The highest BCUT2D eigenvalue weighted by Crippen LogP contribution is 2.29. The van der Waals surface area contributed by atoms with Gasteiger partial charge in [0, 0.05) is 6.20 Å². The average Bonchev–Trinajstić information content (AvgIpc) is 2.32. The maximum absolute atomic E-state index is 12.9. The third-order valence-corrected chi connectivity index (χ3v) is 2.61. The molecule has 94 valence electrons. The molecule has 0 aliphatic rings. The van der Waals surface area contributed by atoms with Gasteiger partial charge >= 0.3 is 0 Å². The number of ether oxygens (including phenoxy) is 1. The normalized spacial score (nSPS) is 12.2. The molecule has 0 aliphatic carbocycles. The van der Waals surface area contributed by atoms with Crippen LogP contribution in [0.5, 0.6) is 5.75 Å². The summed E-state index contributed by atoms with van der Waals surface area (Å²) < 4.78 is 18.5. The zero-order valence-electron chi connectivity index (χ0n) is 9.60. The zero-order valence-corrected chi connectivity index (χ0v) is 10.4. The molecule has 1 aromatic carbocycles. The molecule has 0 amide bonds. The van der Waals surface area contributed by atoms with E-state index in [0.717, 1.165) is 0 Å². The summed E-state index contributed by atoms with van der Waals surface area (Å²) in [5.74, 6) is 0.155. The van der Waals surface area contributed by atoms with E-state index < -0.39 is 5.82 Å². The molecule has 0 bridgehead atoms. The van der Waals surface area contributed by atoms with Crippen molar-refractivity contribution in [2.75, 3.05) is 5.73 Å². The Morgan fingerprint density at radius 2 is 2.17 bits per heavy atom. The van der Waals surface area contributed by atoms with Crippen LogP contribution >= 0.6 is 11.6 Å². The van der Waals surface area contributed by atoms with Crippen LogP contribution in [0.1, 0.15) is 18.7 Å². The zero-order chi connectivity index (χ0) is 13.1. The lowest BCUT2D eigenvalue weighted by atomic mass is 10.2. The first kappa shape index (κ1) is 12.6. The number of hydrogen-bond donors (Lipinski definition) is 1. The molecule has 1 atom stereocenters. The number of rotatable bonds is 3. The van der Waals surface area contributed by atoms with Crippen molar-refractivity contribution in [2.45, 2.75) is 13.0 Å². The number of benzene rings is 1. The van der Waals surface area contributed by atoms with Crippen molar-refractivity contribution < 1.29 is 9.13 Å². The van der Waals surface area contributed by atoms with Crippen molar-refractivity contribution in [3.8, 4) is 5.75 Å². The predicted octanol–water partition coefficient (Wildman–Crippen LogP) is 2.99. The maximum atomic E-state index is 12.9. The number of nitrogens with zero attached hydrogens (tertiary/aromatic N) is 2. The lowest BCUT2D eigenvalue weighted by molar-refractivity contribution is 0.222. The molecular formula is C12H11ClFN3O. The van der Waals surface area contributed by atoms with Crippen molar-refractivity contribution in [1.82, 2.24) is 9.97 Å². The Morgan fingerprint density at radius 3 is 2.83 bits per heavy atom. The Kier molecular flexibility index (Phi) is 3.62. The molecule has 0 fully saturated rings. The highest BCUT2D eigenvalue weighted by atomic mass is 35.5. The molecule has 18 heavy (non-hydrogen) atoms. The van der Waals surface area contributed by atoms with Crippen molar-refractivity contribution in [3.63, 3.8) is 0 Å². The number of nitrogens with two attached hydrogens (primary N) is 1. The van der Waals surface area contributed by atoms with E-state index in [4.69, 9.17) is 22.1 Å². The van der Waals surface area contributed by atoms with Gasteiger partial charge in [0.1, 0.15) is 17.7 Å². The Labute approximate surface area is 109 Å². The molecule has 0 spiro atoms. The average molecular weight is 268 g/mol. The van der Waals surface area contributed by atoms with Crippen LogP contribution in [0.3, 0.4) is 0 Å². The molecule has 2 N–H and O–H groups in total. The first-order chi connectivity index (χ1) is 8.56. The first-order valence-corrected chi connectivity index (χ1v) is 5.64. The van der Waals surface area contributed by atoms with Gasteiger partial charge in [-0.05, 0) is 31.2 Å². The number of nitrogen functional groups attached to an aromatic ring is 1. The molecule has 4 nitrogen and oxygen atoms in total.